The standard InChI is InChI=1S/C17H18BrN3O/c1-22-16-5-3-2-4-13(16)15-10-14(20-17(19)21-15)11-6-8-12(18)9-7-11/h2-9,14-15H,10H2,1H3,(H3,19,20,21). The third-order valence-corrected chi connectivity index (χ3v) is 4.37. The van der Waals surface area contributed by atoms with Crippen molar-refractivity contribution in [1.82, 2.24) is 5.32 Å². The number of aliphatic imine (C=N–C) groups is 1. The van der Waals surface area contributed by atoms with Gasteiger partial charge in [0.1, 0.15) is 5.75 Å². The summed E-state index contributed by atoms with van der Waals surface area (Å²) in [4.78, 5) is 4.54. The Labute approximate surface area is 138 Å². The second kappa shape index (κ2) is 6.40. The van der Waals surface area contributed by atoms with E-state index in [0.717, 1.165) is 27.8 Å². The van der Waals surface area contributed by atoms with E-state index in [1.165, 1.54) is 0 Å². The smallest absolute Gasteiger partial charge is 0.189 e. The fourth-order valence-electron chi connectivity index (χ4n) is 2.77. The summed E-state index contributed by atoms with van der Waals surface area (Å²) in [5.74, 6) is 1.33. The molecule has 0 aromatic heterocycles. The molecule has 2 aromatic rings. The molecule has 1 aliphatic rings. The van der Waals surface area contributed by atoms with Crippen LogP contribution in [0.1, 0.15) is 29.6 Å². The number of nitrogens with one attached hydrogen (secondary N) is 1. The van der Waals surface area contributed by atoms with Crippen molar-refractivity contribution in [2.24, 2.45) is 10.7 Å². The molecular formula is C17H18BrN3O. The maximum absolute atomic E-state index is 6.00. The zero-order valence-corrected chi connectivity index (χ0v) is 13.9. The summed E-state index contributed by atoms with van der Waals surface area (Å²) in [6.07, 6.45) is 0.836. The van der Waals surface area contributed by atoms with Gasteiger partial charge in [0.05, 0.1) is 19.2 Å². The molecule has 4 nitrogen and oxygen atoms in total. The van der Waals surface area contributed by atoms with Crippen LogP contribution in [0.2, 0.25) is 0 Å². The first-order valence-electron chi connectivity index (χ1n) is 7.15. The molecule has 1 heterocycles. The minimum Gasteiger partial charge on any atom is -0.496 e. The van der Waals surface area contributed by atoms with Gasteiger partial charge < -0.3 is 15.8 Å². The van der Waals surface area contributed by atoms with Crippen LogP contribution < -0.4 is 15.8 Å². The Hall–Kier alpha value is -2.01. The van der Waals surface area contributed by atoms with Crippen LogP contribution in [0.5, 0.6) is 5.75 Å². The lowest BCUT2D eigenvalue weighted by atomic mass is 9.93. The summed E-state index contributed by atoms with van der Waals surface area (Å²) >= 11 is 3.46. The van der Waals surface area contributed by atoms with Gasteiger partial charge in [-0.1, -0.05) is 46.3 Å². The van der Waals surface area contributed by atoms with Crippen molar-refractivity contribution in [3.8, 4) is 5.75 Å². The minimum absolute atomic E-state index is 0.0456. The van der Waals surface area contributed by atoms with Crippen LogP contribution in [0, 0.1) is 0 Å². The molecule has 3 N–H and O–H groups in total. The van der Waals surface area contributed by atoms with Crippen molar-refractivity contribution in [2.45, 2.75) is 18.5 Å². The lowest BCUT2D eigenvalue weighted by molar-refractivity contribution is 0.394. The van der Waals surface area contributed by atoms with Gasteiger partial charge in [0, 0.05) is 10.0 Å². The predicted octanol–water partition coefficient (Wildman–Crippen LogP) is 3.55. The van der Waals surface area contributed by atoms with Crippen LogP contribution in [0.25, 0.3) is 0 Å². The van der Waals surface area contributed by atoms with Crippen LogP contribution >= 0.6 is 15.9 Å². The van der Waals surface area contributed by atoms with Crippen molar-refractivity contribution >= 4 is 21.9 Å². The number of guanidine groups is 1. The summed E-state index contributed by atoms with van der Waals surface area (Å²) in [6, 6.07) is 16.4. The number of nitrogens with two attached hydrogens (primary N) is 1. The Morgan fingerprint density at radius 1 is 1.18 bits per heavy atom. The third-order valence-electron chi connectivity index (χ3n) is 3.85. The molecule has 0 aliphatic carbocycles. The molecule has 0 saturated heterocycles. The van der Waals surface area contributed by atoms with Crippen molar-refractivity contribution in [1.29, 1.82) is 0 Å². The number of hydrogen-bond donors (Lipinski definition) is 2. The third kappa shape index (κ3) is 3.09. The topological polar surface area (TPSA) is 59.6 Å². The lowest BCUT2D eigenvalue weighted by Crippen LogP contribution is -2.39. The van der Waals surface area contributed by atoms with Crippen molar-refractivity contribution in [3.63, 3.8) is 0 Å². The monoisotopic (exact) mass is 359 g/mol. The summed E-state index contributed by atoms with van der Waals surface area (Å²) in [6.45, 7) is 0. The normalized spacial score (nSPS) is 20.9. The Morgan fingerprint density at radius 2 is 1.91 bits per heavy atom. The first-order chi connectivity index (χ1) is 10.7. The molecule has 0 saturated carbocycles. The molecule has 2 atom stereocenters. The Morgan fingerprint density at radius 3 is 2.64 bits per heavy atom. The van der Waals surface area contributed by atoms with Gasteiger partial charge >= 0.3 is 0 Å². The van der Waals surface area contributed by atoms with E-state index in [4.69, 9.17) is 10.5 Å². The number of rotatable bonds is 3. The van der Waals surface area contributed by atoms with E-state index < -0.39 is 0 Å². The molecule has 22 heavy (non-hydrogen) atoms. The number of benzene rings is 2. The highest BCUT2D eigenvalue weighted by molar-refractivity contribution is 9.10. The first kappa shape index (κ1) is 14.9. The second-order valence-corrected chi connectivity index (χ2v) is 6.17. The average molecular weight is 360 g/mol. The maximum atomic E-state index is 6.00. The van der Waals surface area contributed by atoms with E-state index in [1.54, 1.807) is 7.11 Å². The van der Waals surface area contributed by atoms with Gasteiger partial charge in [-0.2, -0.15) is 0 Å². The van der Waals surface area contributed by atoms with Crippen molar-refractivity contribution in [3.05, 3.63) is 64.1 Å². The molecule has 0 fully saturated rings. The molecule has 0 spiro atoms. The van der Waals surface area contributed by atoms with Gasteiger partial charge in [0.15, 0.2) is 5.96 Å². The Kier molecular flexibility index (Phi) is 4.34. The Balaban J connectivity index is 1.90. The molecule has 114 valence electrons. The number of para-hydroxylation sites is 1. The quantitative estimate of drug-likeness (QED) is 0.880. The highest BCUT2D eigenvalue weighted by atomic mass is 79.9. The number of halogens is 1. The highest BCUT2D eigenvalue weighted by Gasteiger charge is 2.26. The molecule has 3 rings (SSSR count). The van der Waals surface area contributed by atoms with E-state index in [1.807, 2.05) is 30.3 Å². The molecule has 2 aromatic carbocycles. The van der Waals surface area contributed by atoms with E-state index in [9.17, 15) is 0 Å². The zero-order valence-electron chi connectivity index (χ0n) is 12.3. The molecule has 0 radical (unpaired) electrons. The largest absolute Gasteiger partial charge is 0.496 e. The van der Waals surface area contributed by atoms with Crippen molar-refractivity contribution < 1.29 is 4.74 Å². The predicted molar refractivity (Wildman–Crippen MR) is 92.0 cm³/mol. The molecule has 0 bridgehead atoms. The highest BCUT2D eigenvalue weighted by Crippen LogP contribution is 2.35. The van der Waals surface area contributed by atoms with Gasteiger partial charge in [-0.15, -0.1) is 0 Å². The maximum Gasteiger partial charge on any atom is 0.189 e. The molecule has 2 unspecified atom stereocenters. The first-order valence-corrected chi connectivity index (χ1v) is 7.95. The van der Waals surface area contributed by atoms with E-state index in [2.05, 4.69) is 44.4 Å². The fraction of sp³-hybridized carbons (Fsp3) is 0.235. The van der Waals surface area contributed by atoms with Crippen molar-refractivity contribution in [2.75, 3.05) is 7.11 Å². The second-order valence-electron chi connectivity index (χ2n) is 5.26. The van der Waals surface area contributed by atoms with E-state index in [-0.39, 0.29) is 12.1 Å². The number of nitrogens with zero attached hydrogens (tertiary/aromatic N) is 1. The average Bonchev–Trinajstić information content (AvgIpc) is 2.55. The zero-order chi connectivity index (χ0) is 15.5. The van der Waals surface area contributed by atoms with Crippen LogP contribution in [0.3, 0.4) is 0 Å². The summed E-state index contributed by atoms with van der Waals surface area (Å²) in [5, 5.41) is 3.26. The molecule has 5 heteroatoms. The van der Waals surface area contributed by atoms with Crippen LogP contribution in [0.4, 0.5) is 0 Å². The van der Waals surface area contributed by atoms with E-state index in [0.29, 0.717) is 5.96 Å². The van der Waals surface area contributed by atoms with Crippen LogP contribution in [-0.4, -0.2) is 13.1 Å². The lowest BCUT2D eigenvalue weighted by Gasteiger charge is -2.29. The van der Waals surface area contributed by atoms with Crippen LogP contribution in [0.15, 0.2) is 58.0 Å². The van der Waals surface area contributed by atoms with Gasteiger partial charge in [-0.05, 0) is 30.2 Å². The van der Waals surface area contributed by atoms with Crippen LogP contribution in [-0.2, 0) is 0 Å². The number of methoxy groups -OCH3 is 1. The molecule has 0 amide bonds. The van der Waals surface area contributed by atoms with Gasteiger partial charge in [-0.25, -0.2) is 4.99 Å². The fourth-order valence-corrected chi connectivity index (χ4v) is 3.04. The number of hydrogen-bond acceptors (Lipinski definition) is 4. The minimum atomic E-state index is 0.0456. The molecular weight excluding hydrogens is 342 g/mol. The SMILES string of the molecule is COc1ccccc1C1CC(c2ccc(Br)cc2)N=C(N)N1. The summed E-state index contributed by atoms with van der Waals surface area (Å²) in [5.41, 5.74) is 8.26. The van der Waals surface area contributed by atoms with Gasteiger partial charge in [0.25, 0.3) is 0 Å². The van der Waals surface area contributed by atoms with Gasteiger partial charge in [-0.3, -0.25) is 0 Å². The molecule has 1 aliphatic heterocycles. The summed E-state index contributed by atoms with van der Waals surface area (Å²) < 4.78 is 6.52. The number of ether oxygens (including phenoxy) is 1. The van der Waals surface area contributed by atoms with E-state index >= 15 is 0 Å². The van der Waals surface area contributed by atoms with Gasteiger partial charge in [0.2, 0.25) is 0 Å². The Bertz CT molecular complexity index is 685. The summed E-state index contributed by atoms with van der Waals surface area (Å²) in [7, 11) is 1.69.